The lowest BCUT2D eigenvalue weighted by Gasteiger charge is -2.27. The zero-order valence-electron chi connectivity index (χ0n) is 16.7. The SMILES string of the molecule is Cc1nc(N2CCOCC2)ncc1C(=O)Nc1ccncc1Nc1ccc(Cl)cc1F. The maximum absolute atomic E-state index is 14.2. The summed E-state index contributed by atoms with van der Waals surface area (Å²) in [5, 5.41) is 6.04. The standard InChI is InChI=1S/C21H20ClFN6O2/c1-13-15(11-25-21(26-13)29-6-8-31-9-7-29)20(30)28-18-4-5-24-12-19(18)27-17-3-2-14(22)10-16(17)23/h2-5,10-12,27H,6-9H2,1H3,(H,24,28,30). The zero-order chi connectivity index (χ0) is 21.8. The van der Waals surface area contributed by atoms with Crippen LogP contribution < -0.4 is 15.5 Å². The monoisotopic (exact) mass is 442 g/mol. The number of benzene rings is 1. The first kappa shape index (κ1) is 21.0. The van der Waals surface area contributed by atoms with Crippen molar-refractivity contribution in [2.75, 3.05) is 41.8 Å². The van der Waals surface area contributed by atoms with Crippen LogP contribution in [-0.2, 0) is 4.74 Å². The molecule has 0 spiro atoms. The van der Waals surface area contributed by atoms with Crippen molar-refractivity contribution in [1.29, 1.82) is 0 Å². The Labute approximate surface area is 183 Å². The van der Waals surface area contributed by atoms with Crippen LogP contribution in [0.2, 0.25) is 5.02 Å². The van der Waals surface area contributed by atoms with Crippen molar-refractivity contribution < 1.29 is 13.9 Å². The van der Waals surface area contributed by atoms with Gasteiger partial charge in [-0.2, -0.15) is 0 Å². The Morgan fingerprint density at radius 3 is 2.71 bits per heavy atom. The molecule has 3 heterocycles. The number of morpholine rings is 1. The Hall–Kier alpha value is -3.30. The lowest BCUT2D eigenvalue weighted by atomic mass is 10.2. The number of pyridine rings is 1. The van der Waals surface area contributed by atoms with E-state index in [4.69, 9.17) is 16.3 Å². The van der Waals surface area contributed by atoms with E-state index in [0.29, 0.717) is 59.9 Å². The van der Waals surface area contributed by atoms with Crippen LogP contribution in [0.25, 0.3) is 0 Å². The third-order valence-electron chi connectivity index (χ3n) is 4.77. The van der Waals surface area contributed by atoms with E-state index in [1.54, 1.807) is 19.1 Å². The van der Waals surface area contributed by atoms with Gasteiger partial charge in [-0.15, -0.1) is 0 Å². The van der Waals surface area contributed by atoms with Gasteiger partial charge in [0.2, 0.25) is 5.95 Å². The molecule has 0 atom stereocenters. The van der Waals surface area contributed by atoms with Gasteiger partial charge in [0.15, 0.2) is 0 Å². The molecule has 2 aromatic heterocycles. The van der Waals surface area contributed by atoms with E-state index in [1.807, 2.05) is 4.90 Å². The van der Waals surface area contributed by atoms with Gasteiger partial charge in [-0.3, -0.25) is 9.78 Å². The van der Waals surface area contributed by atoms with Crippen LogP contribution in [0.5, 0.6) is 0 Å². The number of amides is 1. The summed E-state index contributed by atoms with van der Waals surface area (Å²) in [6, 6.07) is 5.90. The molecule has 0 saturated carbocycles. The first-order valence-electron chi connectivity index (χ1n) is 9.65. The molecular formula is C21H20ClFN6O2. The summed E-state index contributed by atoms with van der Waals surface area (Å²) in [4.78, 5) is 27.8. The van der Waals surface area contributed by atoms with Gasteiger partial charge in [0.05, 0.1) is 47.7 Å². The number of halogens is 2. The zero-order valence-corrected chi connectivity index (χ0v) is 17.5. The summed E-state index contributed by atoms with van der Waals surface area (Å²) >= 11 is 5.81. The van der Waals surface area contributed by atoms with E-state index < -0.39 is 5.82 Å². The lowest BCUT2D eigenvalue weighted by Crippen LogP contribution is -2.37. The summed E-state index contributed by atoms with van der Waals surface area (Å²) in [6.07, 6.45) is 4.54. The number of carbonyl (C=O) groups is 1. The highest BCUT2D eigenvalue weighted by molar-refractivity contribution is 6.30. The molecule has 1 fully saturated rings. The molecule has 1 amide bonds. The number of nitrogens with one attached hydrogen (secondary N) is 2. The number of anilines is 4. The van der Waals surface area contributed by atoms with E-state index in [-0.39, 0.29) is 11.6 Å². The molecule has 1 aromatic carbocycles. The third kappa shape index (κ3) is 4.89. The highest BCUT2D eigenvalue weighted by atomic mass is 35.5. The second kappa shape index (κ2) is 9.23. The average Bonchev–Trinajstić information content (AvgIpc) is 2.77. The number of aromatic nitrogens is 3. The van der Waals surface area contributed by atoms with Gasteiger partial charge in [0, 0.05) is 30.5 Å². The van der Waals surface area contributed by atoms with Gasteiger partial charge in [-0.1, -0.05) is 11.6 Å². The van der Waals surface area contributed by atoms with E-state index in [9.17, 15) is 9.18 Å². The van der Waals surface area contributed by atoms with Crippen LogP contribution in [-0.4, -0.2) is 47.2 Å². The molecule has 1 aliphatic rings. The topological polar surface area (TPSA) is 92.3 Å². The molecule has 10 heteroatoms. The molecule has 4 rings (SSSR count). The highest BCUT2D eigenvalue weighted by Crippen LogP contribution is 2.28. The fraction of sp³-hybridized carbons (Fsp3) is 0.238. The molecule has 0 bridgehead atoms. The summed E-state index contributed by atoms with van der Waals surface area (Å²) in [5.41, 5.74) is 1.98. The lowest BCUT2D eigenvalue weighted by molar-refractivity contribution is 0.102. The minimum atomic E-state index is -0.517. The molecule has 1 saturated heterocycles. The number of aryl methyl sites for hydroxylation is 1. The molecule has 0 aliphatic carbocycles. The van der Waals surface area contributed by atoms with E-state index in [1.165, 1.54) is 30.7 Å². The predicted octanol–water partition coefficient (Wildman–Crippen LogP) is 3.81. The van der Waals surface area contributed by atoms with Crippen LogP contribution in [0.3, 0.4) is 0 Å². The minimum absolute atomic E-state index is 0.210. The Balaban J connectivity index is 1.52. The molecule has 31 heavy (non-hydrogen) atoms. The molecule has 3 aromatic rings. The average molecular weight is 443 g/mol. The van der Waals surface area contributed by atoms with E-state index in [0.717, 1.165) is 0 Å². The molecule has 160 valence electrons. The first-order chi connectivity index (χ1) is 15.0. The van der Waals surface area contributed by atoms with Gasteiger partial charge < -0.3 is 20.3 Å². The van der Waals surface area contributed by atoms with Gasteiger partial charge in [0.1, 0.15) is 5.82 Å². The van der Waals surface area contributed by atoms with Crippen LogP contribution in [0.15, 0.2) is 42.9 Å². The number of hydrogen-bond acceptors (Lipinski definition) is 7. The summed E-state index contributed by atoms with van der Waals surface area (Å²) in [5.74, 6) is -0.324. The smallest absolute Gasteiger partial charge is 0.259 e. The second-order valence-electron chi connectivity index (χ2n) is 6.89. The van der Waals surface area contributed by atoms with Crippen LogP contribution in [0.1, 0.15) is 16.1 Å². The quantitative estimate of drug-likeness (QED) is 0.620. The van der Waals surface area contributed by atoms with Crippen molar-refractivity contribution in [3.8, 4) is 0 Å². The van der Waals surface area contributed by atoms with Crippen LogP contribution in [0.4, 0.5) is 27.4 Å². The normalized spacial score (nSPS) is 13.7. The van der Waals surface area contributed by atoms with Gasteiger partial charge in [-0.05, 0) is 31.2 Å². The van der Waals surface area contributed by atoms with Gasteiger partial charge in [0.25, 0.3) is 5.91 Å². The maximum atomic E-state index is 14.2. The molecule has 0 unspecified atom stereocenters. The molecular weight excluding hydrogens is 423 g/mol. The number of nitrogens with zero attached hydrogens (tertiary/aromatic N) is 4. The van der Waals surface area contributed by atoms with Crippen LogP contribution >= 0.6 is 11.6 Å². The number of ether oxygens (including phenoxy) is 1. The number of hydrogen-bond donors (Lipinski definition) is 2. The summed E-state index contributed by atoms with van der Waals surface area (Å²) < 4.78 is 19.5. The molecule has 1 aliphatic heterocycles. The predicted molar refractivity (Wildman–Crippen MR) is 117 cm³/mol. The van der Waals surface area contributed by atoms with Gasteiger partial charge >= 0.3 is 0 Å². The van der Waals surface area contributed by atoms with Crippen molar-refractivity contribution in [2.45, 2.75) is 6.92 Å². The first-order valence-corrected chi connectivity index (χ1v) is 10.0. The van der Waals surface area contributed by atoms with E-state index >= 15 is 0 Å². The Bertz CT molecular complexity index is 1110. The maximum Gasteiger partial charge on any atom is 0.259 e. The fourth-order valence-corrected chi connectivity index (χ4v) is 3.28. The van der Waals surface area contributed by atoms with Crippen molar-refractivity contribution in [3.05, 3.63) is 65.0 Å². The van der Waals surface area contributed by atoms with Crippen molar-refractivity contribution in [2.24, 2.45) is 0 Å². The van der Waals surface area contributed by atoms with Crippen molar-refractivity contribution in [1.82, 2.24) is 15.0 Å². The fourth-order valence-electron chi connectivity index (χ4n) is 3.12. The van der Waals surface area contributed by atoms with Crippen molar-refractivity contribution >= 4 is 40.5 Å². The Morgan fingerprint density at radius 1 is 1.16 bits per heavy atom. The Kier molecular flexibility index (Phi) is 6.24. The second-order valence-corrected chi connectivity index (χ2v) is 7.33. The number of rotatable bonds is 5. The van der Waals surface area contributed by atoms with Crippen LogP contribution in [0, 0.1) is 12.7 Å². The molecule has 0 radical (unpaired) electrons. The summed E-state index contributed by atoms with van der Waals surface area (Å²) in [6.45, 7) is 4.42. The number of carbonyl (C=O) groups excluding carboxylic acids is 1. The van der Waals surface area contributed by atoms with Crippen molar-refractivity contribution in [3.63, 3.8) is 0 Å². The minimum Gasteiger partial charge on any atom is -0.378 e. The summed E-state index contributed by atoms with van der Waals surface area (Å²) in [7, 11) is 0. The molecule has 2 N–H and O–H groups in total. The Morgan fingerprint density at radius 2 is 1.97 bits per heavy atom. The third-order valence-corrected chi connectivity index (χ3v) is 5.01. The molecule has 8 nitrogen and oxygen atoms in total. The van der Waals surface area contributed by atoms with Gasteiger partial charge in [-0.25, -0.2) is 14.4 Å². The highest BCUT2D eigenvalue weighted by Gasteiger charge is 2.18. The van der Waals surface area contributed by atoms with E-state index in [2.05, 4.69) is 25.6 Å². The largest absolute Gasteiger partial charge is 0.378 e.